The highest BCUT2D eigenvalue weighted by Crippen LogP contribution is 2.11. The summed E-state index contributed by atoms with van der Waals surface area (Å²) in [5, 5.41) is 6.57. The molecule has 0 bridgehead atoms. The van der Waals surface area contributed by atoms with E-state index in [0.29, 0.717) is 25.7 Å². The van der Waals surface area contributed by atoms with Crippen molar-refractivity contribution in [1.29, 1.82) is 0 Å². The molecule has 0 aliphatic rings. The largest absolute Gasteiger partial charge is 0.497 e. The molecule has 7 nitrogen and oxygen atoms in total. The average molecular weight is 413 g/mol. The number of methoxy groups -OCH3 is 1. The number of hydrogen-bond acceptors (Lipinski definition) is 4. The van der Waals surface area contributed by atoms with Gasteiger partial charge in [-0.15, -0.1) is 0 Å². The minimum atomic E-state index is -0.0429. The van der Waals surface area contributed by atoms with Crippen LogP contribution in [0.5, 0.6) is 11.5 Å². The fraction of sp³-hybridized carbons (Fsp3) is 0.391. The van der Waals surface area contributed by atoms with E-state index in [1.807, 2.05) is 54.6 Å². The number of para-hydroxylation sites is 1. The second-order valence-electron chi connectivity index (χ2n) is 6.92. The molecule has 0 unspecified atom stereocenters. The lowest BCUT2D eigenvalue weighted by molar-refractivity contribution is -0.127. The fourth-order valence-corrected chi connectivity index (χ4v) is 2.57. The van der Waals surface area contributed by atoms with Gasteiger partial charge in [0.2, 0.25) is 5.91 Å². The number of amides is 1. The lowest BCUT2D eigenvalue weighted by Gasteiger charge is -2.14. The van der Waals surface area contributed by atoms with Crippen molar-refractivity contribution in [3.63, 3.8) is 0 Å². The smallest absolute Gasteiger partial charge is 0.243 e. The number of benzene rings is 2. The van der Waals surface area contributed by atoms with E-state index in [1.54, 1.807) is 21.2 Å². The molecule has 0 fully saturated rings. The summed E-state index contributed by atoms with van der Waals surface area (Å²) < 4.78 is 10.9. The Kier molecular flexibility index (Phi) is 10.1. The number of ether oxygens (including phenoxy) is 2. The molecule has 2 aromatic carbocycles. The van der Waals surface area contributed by atoms with Crippen LogP contribution in [0.2, 0.25) is 0 Å². The average Bonchev–Trinajstić information content (AvgIpc) is 2.77. The van der Waals surface area contributed by atoms with Crippen molar-refractivity contribution >= 4 is 11.9 Å². The molecule has 2 aromatic rings. The molecule has 0 aromatic heterocycles. The van der Waals surface area contributed by atoms with Gasteiger partial charge in [0.05, 0.1) is 13.7 Å². The Hall–Kier alpha value is -3.22. The molecule has 0 radical (unpaired) electrons. The van der Waals surface area contributed by atoms with Crippen molar-refractivity contribution in [2.24, 2.45) is 4.99 Å². The molecule has 2 rings (SSSR count). The molecule has 0 aliphatic heterocycles. The summed E-state index contributed by atoms with van der Waals surface area (Å²) in [6.07, 6.45) is 1.65. The maximum Gasteiger partial charge on any atom is 0.243 e. The third kappa shape index (κ3) is 8.86. The van der Waals surface area contributed by atoms with Gasteiger partial charge < -0.3 is 25.0 Å². The minimum Gasteiger partial charge on any atom is -0.497 e. The third-order valence-corrected chi connectivity index (χ3v) is 4.36. The number of carbonyl (C=O) groups excluding carboxylic acids is 1. The van der Waals surface area contributed by atoms with Crippen molar-refractivity contribution < 1.29 is 14.3 Å². The van der Waals surface area contributed by atoms with Crippen molar-refractivity contribution in [3.05, 3.63) is 60.2 Å². The number of nitrogens with one attached hydrogen (secondary N) is 2. The molecule has 1 amide bonds. The van der Waals surface area contributed by atoms with Crippen LogP contribution in [0.25, 0.3) is 0 Å². The number of likely N-dealkylation sites (N-methyl/N-ethyl adjacent to an activating group) is 1. The second-order valence-corrected chi connectivity index (χ2v) is 6.92. The van der Waals surface area contributed by atoms with Gasteiger partial charge in [-0.2, -0.15) is 0 Å². The van der Waals surface area contributed by atoms with Gasteiger partial charge in [0.25, 0.3) is 0 Å². The first kappa shape index (κ1) is 23.1. The molecule has 0 saturated carbocycles. The van der Waals surface area contributed by atoms with E-state index in [0.717, 1.165) is 24.3 Å². The van der Waals surface area contributed by atoms with Gasteiger partial charge in [-0.05, 0) is 42.7 Å². The molecule has 0 atom stereocenters. The van der Waals surface area contributed by atoms with Gasteiger partial charge in [0.1, 0.15) is 18.0 Å². The molecule has 0 heterocycles. The van der Waals surface area contributed by atoms with Crippen LogP contribution < -0.4 is 20.1 Å². The number of nitrogens with zero attached hydrogens (tertiary/aromatic N) is 2. The molecule has 162 valence electrons. The zero-order valence-electron chi connectivity index (χ0n) is 18.1. The van der Waals surface area contributed by atoms with E-state index < -0.39 is 0 Å². The van der Waals surface area contributed by atoms with E-state index in [-0.39, 0.29) is 12.5 Å². The normalized spacial score (nSPS) is 11.0. The van der Waals surface area contributed by atoms with Crippen LogP contribution in [-0.4, -0.2) is 64.2 Å². The van der Waals surface area contributed by atoms with Crippen LogP contribution >= 0.6 is 0 Å². The quantitative estimate of drug-likeness (QED) is 0.337. The Morgan fingerprint density at radius 2 is 1.67 bits per heavy atom. The highest BCUT2D eigenvalue weighted by molar-refractivity contribution is 5.84. The molecule has 7 heteroatoms. The summed E-state index contributed by atoms with van der Waals surface area (Å²) >= 11 is 0. The molecule has 0 spiro atoms. The Balaban J connectivity index is 1.78. The van der Waals surface area contributed by atoms with Gasteiger partial charge in [0, 0.05) is 27.2 Å². The monoisotopic (exact) mass is 412 g/mol. The minimum absolute atomic E-state index is 0.0429. The van der Waals surface area contributed by atoms with Crippen LogP contribution in [-0.2, 0) is 11.2 Å². The molecule has 2 N–H and O–H groups in total. The number of aliphatic imine (C=N–C) groups is 1. The lowest BCUT2D eigenvalue weighted by Crippen LogP contribution is -2.40. The molecule has 30 heavy (non-hydrogen) atoms. The first-order chi connectivity index (χ1) is 14.6. The SMILES string of the molecule is COc1ccc(CCNC(=NCC(=O)N(C)C)NCCCOc2ccccc2)cc1. The van der Waals surface area contributed by atoms with E-state index in [2.05, 4.69) is 15.6 Å². The van der Waals surface area contributed by atoms with Gasteiger partial charge in [-0.1, -0.05) is 30.3 Å². The van der Waals surface area contributed by atoms with Crippen molar-refractivity contribution in [3.8, 4) is 11.5 Å². The molecule has 0 saturated heterocycles. The maximum atomic E-state index is 11.9. The van der Waals surface area contributed by atoms with Gasteiger partial charge in [0.15, 0.2) is 5.96 Å². The fourth-order valence-electron chi connectivity index (χ4n) is 2.57. The number of carbonyl (C=O) groups is 1. The van der Waals surface area contributed by atoms with Crippen LogP contribution in [0, 0.1) is 0 Å². The molecular formula is C23H32N4O3. The van der Waals surface area contributed by atoms with Gasteiger partial charge in [-0.25, -0.2) is 4.99 Å². The Morgan fingerprint density at radius 3 is 2.33 bits per heavy atom. The summed E-state index contributed by atoms with van der Waals surface area (Å²) in [5.74, 6) is 2.29. The highest BCUT2D eigenvalue weighted by Gasteiger charge is 2.05. The predicted octanol–water partition coefficient (Wildman–Crippen LogP) is 2.33. The van der Waals surface area contributed by atoms with Crippen molar-refractivity contribution in [2.45, 2.75) is 12.8 Å². The van der Waals surface area contributed by atoms with E-state index in [9.17, 15) is 4.79 Å². The van der Waals surface area contributed by atoms with Crippen molar-refractivity contribution in [2.75, 3.05) is 47.4 Å². The predicted molar refractivity (Wildman–Crippen MR) is 120 cm³/mol. The van der Waals surface area contributed by atoms with Crippen LogP contribution in [0.4, 0.5) is 0 Å². The Labute approximate surface area is 179 Å². The first-order valence-electron chi connectivity index (χ1n) is 10.1. The van der Waals surface area contributed by atoms with Crippen LogP contribution in [0.3, 0.4) is 0 Å². The standard InChI is InChI=1S/C23H32N4O3/c1-27(2)22(28)18-26-23(24-15-7-17-30-21-8-5-4-6-9-21)25-16-14-19-10-12-20(29-3)13-11-19/h4-6,8-13H,7,14-18H2,1-3H3,(H2,24,25,26). The first-order valence-corrected chi connectivity index (χ1v) is 10.1. The summed E-state index contributed by atoms with van der Waals surface area (Å²) in [6, 6.07) is 17.7. The molecular weight excluding hydrogens is 380 g/mol. The zero-order chi connectivity index (χ0) is 21.6. The van der Waals surface area contributed by atoms with Crippen LogP contribution in [0.15, 0.2) is 59.6 Å². The number of hydrogen-bond donors (Lipinski definition) is 2. The van der Waals surface area contributed by atoms with Crippen LogP contribution in [0.1, 0.15) is 12.0 Å². The van der Waals surface area contributed by atoms with E-state index in [4.69, 9.17) is 9.47 Å². The van der Waals surface area contributed by atoms with Crippen molar-refractivity contribution in [1.82, 2.24) is 15.5 Å². The van der Waals surface area contributed by atoms with Gasteiger partial charge >= 0.3 is 0 Å². The number of rotatable bonds is 11. The topological polar surface area (TPSA) is 75.2 Å². The molecule has 0 aliphatic carbocycles. The Bertz CT molecular complexity index is 777. The van der Waals surface area contributed by atoms with E-state index >= 15 is 0 Å². The summed E-state index contributed by atoms with van der Waals surface area (Å²) in [6.45, 7) is 2.10. The second kappa shape index (κ2) is 13.1. The van der Waals surface area contributed by atoms with Gasteiger partial charge in [-0.3, -0.25) is 4.79 Å². The zero-order valence-corrected chi connectivity index (χ0v) is 18.1. The maximum absolute atomic E-state index is 11.9. The number of guanidine groups is 1. The Morgan fingerprint density at radius 1 is 0.967 bits per heavy atom. The summed E-state index contributed by atoms with van der Waals surface area (Å²) in [5.41, 5.74) is 1.20. The third-order valence-electron chi connectivity index (χ3n) is 4.36. The highest BCUT2D eigenvalue weighted by atomic mass is 16.5. The summed E-state index contributed by atoms with van der Waals surface area (Å²) in [7, 11) is 5.11. The lowest BCUT2D eigenvalue weighted by atomic mass is 10.1. The van der Waals surface area contributed by atoms with E-state index in [1.165, 1.54) is 10.5 Å². The summed E-state index contributed by atoms with van der Waals surface area (Å²) in [4.78, 5) is 17.8.